The molecule has 2 aromatic rings. The summed E-state index contributed by atoms with van der Waals surface area (Å²) in [4.78, 5) is 16.8. The number of H-pyrrole nitrogens is 1. The van der Waals surface area contributed by atoms with Gasteiger partial charge in [0.25, 0.3) is 0 Å². The van der Waals surface area contributed by atoms with Gasteiger partial charge >= 0.3 is 6.01 Å². The van der Waals surface area contributed by atoms with E-state index in [9.17, 15) is 4.79 Å². The fourth-order valence-corrected chi connectivity index (χ4v) is 2.76. The van der Waals surface area contributed by atoms with Crippen molar-refractivity contribution in [1.29, 1.82) is 0 Å². The lowest BCUT2D eigenvalue weighted by Crippen LogP contribution is -2.15. The molecule has 0 aliphatic heterocycles. The fourth-order valence-electron chi connectivity index (χ4n) is 1.48. The summed E-state index contributed by atoms with van der Waals surface area (Å²) in [5, 5.41) is 8.94. The lowest BCUT2D eigenvalue weighted by atomic mass is 10.2. The summed E-state index contributed by atoms with van der Waals surface area (Å²) in [5.41, 5.74) is 1.12. The number of anilines is 1. The maximum Gasteiger partial charge on any atom is 0.336 e. The quantitative estimate of drug-likeness (QED) is 0.805. The summed E-state index contributed by atoms with van der Waals surface area (Å²) < 4.78 is 5.84. The van der Waals surface area contributed by atoms with Gasteiger partial charge in [-0.15, -0.1) is 16.9 Å². The Kier molecular flexibility index (Phi) is 5.02. The third-order valence-electron chi connectivity index (χ3n) is 2.40. The van der Waals surface area contributed by atoms with Gasteiger partial charge in [0, 0.05) is 9.37 Å². The van der Waals surface area contributed by atoms with Crippen molar-refractivity contribution in [2.45, 2.75) is 11.8 Å². The van der Waals surface area contributed by atoms with E-state index in [0.29, 0.717) is 5.75 Å². The number of methoxy groups -OCH3 is 1. The van der Waals surface area contributed by atoms with Crippen molar-refractivity contribution in [3.63, 3.8) is 0 Å². The zero-order valence-electron chi connectivity index (χ0n) is 10.9. The number of ether oxygens (including phenoxy) is 1. The molecule has 6 nitrogen and oxygen atoms in total. The Bertz CT molecular complexity index is 617. The van der Waals surface area contributed by atoms with Gasteiger partial charge in [0.1, 0.15) is 0 Å². The Morgan fingerprint density at radius 3 is 3.00 bits per heavy atom. The molecular weight excluding hydrogens is 344 g/mol. The van der Waals surface area contributed by atoms with Gasteiger partial charge in [0.2, 0.25) is 11.9 Å². The maximum atomic E-state index is 11.8. The fraction of sp³-hybridized carbons (Fsp3) is 0.250. The minimum absolute atomic E-state index is 0.156. The number of benzene rings is 1. The molecule has 0 unspecified atom stereocenters. The third-order valence-corrected chi connectivity index (χ3v) is 4.07. The molecule has 0 atom stereocenters. The predicted octanol–water partition coefficient (Wildman–Crippen LogP) is 2.62. The highest BCUT2D eigenvalue weighted by molar-refractivity contribution is 9.10. The number of thioether (sulfide) groups is 1. The van der Waals surface area contributed by atoms with E-state index in [1.165, 1.54) is 18.9 Å². The number of carbonyl (C=O) groups is 1. The van der Waals surface area contributed by atoms with Crippen molar-refractivity contribution in [2.24, 2.45) is 0 Å². The number of nitrogens with one attached hydrogen (secondary N) is 2. The highest BCUT2D eigenvalue weighted by Gasteiger charge is 2.09. The van der Waals surface area contributed by atoms with Gasteiger partial charge in [0.05, 0.1) is 12.9 Å². The summed E-state index contributed by atoms with van der Waals surface area (Å²) in [6, 6.07) is 6.14. The molecule has 0 aliphatic rings. The van der Waals surface area contributed by atoms with Crippen LogP contribution in [0.3, 0.4) is 0 Å². The number of amides is 1. The molecule has 1 aromatic heterocycles. The second-order valence-corrected chi connectivity index (χ2v) is 5.85. The summed E-state index contributed by atoms with van der Waals surface area (Å²) in [7, 11) is 1.46. The molecule has 2 N–H and O–H groups in total. The first-order valence-electron chi connectivity index (χ1n) is 5.73. The number of aromatic amines is 1. The highest BCUT2D eigenvalue weighted by Crippen LogP contribution is 2.25. The zero-order valence-corrected chi connectivity index (χ0v) is 13.3. The van der Waals surface area contributed by atoms with E-state index in [4.69, 9.17) is 4.74 Å². The van der Waals surface area contributed by atoms with Gasteiger partial charge < -0.3 is 4.74 Å². The summed E-state index contributed by atoms with van der Waals surface area (Å²) in [6.45, 7) is 2.01. The molecule has 0 radical (unpaired) electrons. The predicted molar refractivity (Wildman–Crippen MR) is 81.2 cm³/mol. The van der Waals surface area contributed by atoms with Crippen molar-refractivity contribution in [2.75, 3.05) is 18.2 Å². The molecule has 2 rings (SSSR count). The lowest BCUT2D eigenvalue weighted by molar-refractivity contribution is -0.113. The van der Waals surface area contributed by atoms with E-state index in [0.717, 1.165) is 14.9 Å². The molecule has 0 saturated heterocycles. The molecule has 1 heterocycles. The van der Waals surface area contributed by atoms with Crippen LogP contribution in [0.1, 0.15) is 5.56 Å². The van der Waals surface area contributed by atoms with Crippen molar-refractivity contribution in [3.8, 4) is 6.01 Å². The molecule has 1 aromatic carbocycles. The van der Waals surface area contributed by atoms with Gasteiger partial charge in [-0.2, -0.15) is 4.98 Å². The number of nitrogens with zero attached hydrogens (tertiary/aromatic N) is 2. The topological polar surface area (TPSA) is 79.9 Å². The van der Waals surface area contributed by atoms with Crippen LogP contribution in [-0.2, 0) is 4.79 Å². The summed E-state index contributed by atoms with van der Waals surface area (Å²) >= 11 is 4.88. The van der Waals surface area contributed by atoms with Crippen molar-refractivity contribution < 1.29 is 9.53 Å². The minimum Gasteiger partial charge on any atom is -0.466 e. The van der Waals surface area contributed by atoms with Gasteiger partial charge in [-0.05, 0) is 30.7 Å². The molecule has 0 aliphatic carbocycles. The first-order valence-corrected chi connectivity index (χ1v) is 7.51. The Morgan fingerprint density at radius 1 is 1.55 bits per heavy atom. The number of rotatable bonds is 5. The van der Waals surface area contributed by atoms with Crippen molar-refractivity contribution in [3.05, 3.63) is 28.2 Å². The second kappa shape index (κ2) is 6.76. The van der Waals surface area contributed by atoms with Crippen LogP contribution >= 0.6 is 27.7 Å². The largest absolute Gasteiger partial charge is 0.466 e. The number of hydrogen-bond acceptors (Lipinski definition) is 5. The molecular formula is C12H13BrN4O2S. The number of aryl methyl sites for hydroxylation is 1. The number of carbonyl (C=O) groups excluding carboxylic acids is 1. The standard InChI is InChI=1S/C12H13BrN4O2S/c1-7-5-8(13)3-4-9(7)20-6-10(18)14-11-15-12(19-2)17-16-11/h3-5H,6H2,1-2H3,(H2,14,15,16,17,18). The van der Waals surface area contributed by atoms with Crippen LogP contribution in [0.4, 0.5) is 5.95 Å². The molecule has 0 spiro atoms. The number of aromatic nitrogens is 3. The summed E-state index contributed by atoms with van der Waals surface area (Å²) in [6.07, 6.45) is 0. The van der Waals surface area contributed by atoms with Crippen LogP contribution in [0.15, 0.2) is 27.6 Å². The van der Waals surface area contributed by atoms with Crippen LogP contribution in [0.25, 0.3) is 0 Å². The SMILES string of the molecule is COc1n[nH]c(NC(=O)CSc2ccc(Br)cc2C)n1. The van der Waals surface area contributed by atoms with E-state index in [1.807, 2.05) is 25.1 Å². The average Bonchev–Trinajstić information content (AvgIpc) is 2.85. The molecule has 106 valence electrons. The third kappa shape index (κ3) is 3.97. The Labute approximate surface area is 128 Å². The van der Waals surface area contributed by atoms with Crippen LogP contribution in [0, 0.1) is 6.92 Å². The van der Waals surface area contributed by atoms with Gasteiger partial charge in [-0.25, -0.2) is 5.10 Å². The van der Waals surface area contributed by atoms with Crippen LogP contribution < -0.4 is 10.1 Å². The normalized spacial score (nSPS) is 10.3. The van der Waals surface area contributed by atoms with Crippen LogP contribution in [0.2, 0.25) is 0 Å². The lowest BCUT2D eigenvalue weighted by Gasteiger charge is -2.05. The van der Waals surface area contributed by atoms with E-state index < -0.39 is 0 Å². The van der Waals surface area contributed by atoms with Gasteiger partial charge in [-0.3, -0.25) is 10.1 Å². The molecule has 1 amide bonds. The first-order chi connectivity index (χ1) is 9.58. The van der Waals surface area contributed by atoms with E-state index in [-0.39, 0.29) is 17.9 Å². The molecule has 0 saturated carbocycles. The number of hydrogen-bond donors (Lipinski definition) is 2. The Morgan fingerprint density at radius 2 is 2.35 bits per heavy atom. The van der Waals surface area contributed by atoms with E-state index in [2.05, 4.69) is 36.4 Å². The second-order valence-electron chi connectivity index (χ2n) is 3.92. The maximum absolute atomic E-state index is 11.8. The van der Waals surface area contributed by atoms with Crippen LogP contribution in [-0.4, -0.2) is 34.0 Å². The Hall–Kier alpha value is -1.54. The molecule has 0 bridgehead atoms. The smallest absolute Gasteiger partial charge is 0.336 e. The van der Waals surface area contributed by atoms with Gasteiger partial charge in [-0.1, -0.05) is 15.9 Å². The molecule has 8 heteroatoms. The van der Waals surface area contributed by atoms with Crippen molar-refractivity contribution in [1.82, 2.24) is 15.2 Å². The Balaban J connectivity index is 1.88. The van der Waals surface area contributed by atoms with Crippen LogP contribution in [0.5, 0.6) is 6.01 Å². The number of halogens is 1. The monoisotopic (exact) mass is 356 g/mol. The average molecular weight is 357 g/mol. The zero-order chi connectivity index (χ0) is 14.5. The summed E-state index contributed by atoms with van der Waals surface area (Å²) in [5.74, 6) is 0.418. The van der Waals surface area contributed by atoms with E-state index >= 15 is 0 Å². The highest BCUT2D eigenvalue weighted by atomic mass is 79.9. The molecule has 0 fully saturated rings. The minimum atomic E-state index is -0.156. The molecule has 20 heavy (non-hydrogen) atoms. The van der Waals surface area contributed by atoms with E-state index in [1.54, 1.807) is 0 Å². The van der Waals surface area contributed by atoms with Crippen molar-refractivity contribution >= 4 is 39.5 Å². The first kappa shape index (κ1) is 14.9. The van der Waals surface area contributed by atoms with Gasteiger partial charge in [0.15, 0.2) is 0 Å².